The van der Waals surface area contributed by atoms with Crippen molar-refractivity contribution >= 4 is 178 Å². The third-order valence-electron chi connectivity index (χ3n) is 17.8. The van der Waals surface area contributed by atoms with Crippen LogP contribution in [0.5, 0.6) is 0 Å². The second-order valence-corrected chi connectivity index (χ2v) is 42.3. The van der Waals surface area contributed by atoms with Crippen molar-refractivity contribution in [3.05, 3.63) is 176 Å². The van der Waals surface area contributed by atoms with Gasteiger partial charge in [-0.25, -0.2) is 0 Å². The summed E-state index contributed by atoms with van der Waals surface area (Å²) in [6, 6.07) is 43.8. The van der Waals surface area contributed by atoms with Crippen molar-refractivity contribution in [1.29, 1.82) is 0 Å². The first kappa shape index (κ1) is 111. The van der Waals surface area contributed by atoms with Gasteiger partial charge in [0.2, 0.25) is 23.9 Å². The SMILES string of the molecule is C.C.C=CC(=O)Cl.C=COCOC1CCCC[N+]1(CC)c1ccc(C=O)cc1.CC(=O)OCCCCCBr.CCN(CCCCCO)c1ccc(C=O)cc1.CCNc1ccccc1.CC[N+]1(c2ccc(C=O)cc2)CCCCC1OC(C)=O.CC[N+]1(c2ccccc2)CCCCC1OC(C)=O.I.I[I-]I.O=PCl. The molecule has 3 heterocycles. The van der Waals surface area contributed by atoms with E-state index in [2.05, 4.69) is 159 Å². The van der Waals surface area contributed by atoms with Crippen molar-refractivity contribution in [2.75, 3.05) is 94.5 Å². The molecule has 5 aromatic carbocycles. The van der Waals surface area contributed by atoms with Crippen LogP contribution in [0.25, 0.3) is 0 Å². The first-order valence-corrected chi connectivity index (χ1v) is 52.0. The van der Waals surface area contributed by atoms with E-state index in [0.29, 0.717) is 41.0 Å². The van der Waals surface area contributed by atoms with Crippen molar-refractivity contribution < 1.29 is 80.2 Å². The summed E-state index contributed by atoms with van der Waals surface area (Å²) in [5, 5.41) is 12.4. The summed E-state index contributed by atoms with van der Waals surface area (Å²) in [4.78, 5) is 76.8. The van der Waals surface area contributed by atoms with Crippen molar-refractivity contribution in [3.8, 4) is 0 Å². The number of alkyl halides is 1. The molecular formula is C82H125BrCl2I4N5O14P+2. The molecule has 0 spiro atoms. The number of rotatable bonds is 30. The van der Waals surface area contributed by atoms with E-state index < -0.39 is 5.24 Å². The number of aliphatic hydroxyl groups is 1. The average Bonchev–Trinajstić information content (AvgIpc) is 0.785. The van der Waals surface area contributed by atoms with Crippen molar-refractivity contribution in [3.63, 3.8) is 0 Å². The number of likely N-dealkylation sites (tertiary alicyclic amines) is 3. The molecule has 0 aliphatic carbocycles. The number of aliphatic hydroxyl groups excluding tert-OH is 1. The predicted molar refractivity (Wildman–Crippen MR) is 482 cm³/mol. The topological polar surface area (TPSA) is 218 Å². The third-order valence-corrected chi connectivity index (χ3v) is 18.5. The number of carbonyl (C=O) groups is 7. The molecule has 109 heavy (non-hydrogen) atoms. The van der Waals surface area contributed by atoms with Gasteiger partial charge in [-0.15, -0.1) is 24.0 Å². The normalized spacial score (nSPS) is 18.1. The maximum Gasteiger partial charge on any atom is 0.267 e. The van der Waals surface area contributed by atoms with Crippen molar-refractivity contribution in [2.24, 2.45) is 0 Å². The quantitative estimate of drug-likeness (QED) is 0.00355. The fraction of sp³-hybridized carbons (Fsp3) is 0.500. The minimum absolute atomic E-state index is 0. The molecule has 0 amide bonds. The summed E-state index contributed by atoms with van der Waals surface area (Å²) in [6.07, 6.45) is 21.0. The molecule has 0 bridgehead atoms. The molecule has 3 aliphatic heterocycles. The van der Waals surface area contributed by atoms with Crippen LogP contribution in [-0.4, -0.2) is 150 Å². The number of carbonyl (C=O) groups excluding carboxylic acids is 7. The van der Waals surface area contributed by atoms with Gasteiger partial charge in [-0.1, -0.05) is 80.3 Å². The fourth-order valence-corrected chi connectivity index (χ4v) is 12.9. The van der Waals surface area contributed by atoms with E-state index in [1.54, 1.807) is 0 Å². The second kappa shape index (κ2) is 70.6. The number of ether oxygens (including phenoxy) is 5. The molecule has 3 saturated heterocycles. The number of allylic oxidation sites excluding steroid dienone is 1. The zero-order valence-electron chi connectivity index (χ0n) is 63.7. The zero-order valence-corrected chi connectivity index (χ0v) is 76.5. The number of esters is 3. The van der Waals surface area contributed by atoms with E-state index >= 15 is 0 Å². The van der Waals surface area contributed by atoms with E-state index in [-0.39, 0.29) is 96.6 Å². The first-order valence-electron chi connectivity index (χ1n) is 36.2. The molecule has 3 aliphatic rings. The Hall–Kier alpha value is -4.05. The van der Waals surface area contributed by atoms with Gasteiger partial charge in [-0.05, 0) is 238 Å². The van der Waals surface area contributed by atoms with Gasteiger partial charge in [-0.2, -0.15) is 0 Å². The summed E-state index contributed by atoms with van der Waals surface area (Å²) >= 11 is 17.7. The maximum atomic E-state index is 11.4. The van der Waals surface area contributed by atoms with Gasteiger partial charge >= 0.3 is 68.4 Å². The van der Waals surface area contributed by atoms with Gasteiger partial charge in [0.1, 0.15) is 35.9 Å². The Morgan fingerprint density at radius 1 is 0.606 bits per heavy atom. The molecule has 0 aromatic heterocycles. The summed E-state index contributed by atoms with van der Waals surface area (Å²) in [6.45, 7) is 31.6. The standard InChI is InChI=1S/C17H24NO3.C16H22NO3.C15H22NO2.C14H21NO2.C8H11N.C7H13BrO2.C3H3ClO.2CH4.ClOP.I3.HI/c1-3-18(16-10-8-15(13-19)9-11-16)12-6-5-7-17(18)21-14-20-4-2;1-3-17(15-9-7-14(12-18)8-10-15)11-5-4-6-16(17)20-13(2)19;1-3-16(14-9-5-4-6-10-14)12-8-7-11-15(16)18-13(2)17;1-2-15(10-4-3-5-11-16)14-8-6-13(12-17)7-9-14;1-2-9-8-6-4-3-5-7-8;1-7(9)10-6-4-2-3-5-8;1-2-3(4)5;;;2*1-3-2;/h4,8-11,13,17H,2-3,5-7,12,14H2,1H3;7-10,12,16H,3-6,11H2,1-2H3;4-6,9-10,15H,3,7-8,11-12H2,1-2H3;6-9,12,16H,2-5,10-11H2,1H3;3-7,9H,2H2,1H3;2-6H2,1H3;2H,1H2;2*1H4;;;1H/q3*+1;;;;;;;;-1;. The molecule has 614 valence electrons. The Morgan fingerprint density at radius 2 is 0.991 bits per heavy atom. The Kier molecular flexibility index (Phi) is 72.0. The van der Waals surface area contributed by atoms with Crippen LogP contribution in [0.1, 0.15) is 198 Å². The number of nitrogens with zero attached hydrogens (tertiary/aromatic N) is 4. The number of quaternary nitrogens is 3. The van der Waals surface area contributed by atoms with Crippen LogP contribution < -0.4 is 36.9 Å². The van der Waals surface area contributed by atoms with E-state index in [4.69, 9.17) is 45.0 Å². The number of hydrogen-bond acceptors (Lipinski definition) is 16. The number of para-hydroxylation sites is 2. The molecule has 27 heteroatoms. The molecule has 0 saturated carbocycles. The molecular weight excluding hydrogens is 1970 g/mol. The summed E-state index contributed by atoms with van der Waals surface area (Å²) < 4.78 is 37.9. The number of piperidine rings is 3. The van der Waals surface area contributed by atoms with Crippen LogP contribution in [0.2, 0.25) is 0 Å². The summed E-state index contributed by atoms with van der Waals surface area (Å²) in [7, 11) is -0.361. The number of nitrogens with one attached hydrogen (secondary N) is 1. The Bertz CT molecular complexity index is 3190. The molecule has 8 rings (SSSR count). The predicted octanol–water partition coefficient (Wildman–Crippen LogP) is 19.2. The monoisotopic (exact) mass is 2090 g/mol. The Labute approximate surface area is 720 Å². The minimum Gasteiger partial charge on any atom is -0.256 e. The number of benzene rings is 5. The van der Waals surface area contributed by atoms with Crippen LogP contribution in [0.3, 0.4) is 0 Å². The number of aldehydes is 3. The van der Waals surface area contributed by atoms with Gasteiger partial charge in [0.25, 0.3) is 7.81 Å². The Balaban J connectivity index is -0.000000597. The number of unbranched alkanes of at least 4 members (excludes halogenated alkanes) is 4. The molecule has 6 unspecified atom stereocenters. The fourth-order valence-electron chi connectivity index (χ4n) is 12.5. The first-order chi connectivity index (χ1) is 51.2. The summed E-state index contributed by atoms with van der Waals surface area (Å²) in [5.41, 5.74) is 8.01. The maximum absolute atomic E-state index is 11.4. The van der Waals surface area contributed by atoms with Gasteiger partial charge in [0.15, 0.2) is 6.79 Å². The van der Waals surface area contributed by atoms with Crippen molar-refractivity contribution in [1.82, 2.24) is 13.4 Å². The van der Waals surface area contributed by atoms with Crippen LogP contribution in [0.4, 0.5) is 28.4 Å². The minimum atomic E-state index is -0.509. The van der Waals surface area contributed by atoms with Gasteiger partial charge in [0, 0.05) is 99.7 Å². The average molecular weight is 2090 g/mol. The number of anilines is 2. The number of hydrogen-bond donors (Lipinski definition) is 2. The van der Waals surface area contributed by atoms with Crippen molar-refractivity contribution in [2.45, 2.75) is 185 Å². The Morgan fingerprint density at radius 3 is 1.34 bits per heavy atom. The van der Waals surface area contributed by atoms with E-state index in [1.165, 1.54) is 63.4 Å². The molecule has 19 nitrogen and oxygen atoms in total. The van der Waals surface area contributed by atoms with Crippen LogP contribution in [-0.2, 0) is 47.4 Å². The third kappa shape index (κ3) is 45.6. The van der Waals surface area contributed by atoms with Crippen LogP contribution in [0.15, 0.2) is 159 Å². The van der Waals surface area contributed by atoms with Gasteiger partial charge in [-0.3, -0.25) is 56.3 Å². The van der Waals surface area contributed by atoms with E-state index in [0.717, 1.165) is 187 Å². The van der Waals surface area contributed by atoms with Crippen LogP contribution in [0, 0.1) is 0 Å². The smallest absolute Gasteiger partial charge is 0.256 e. The summed E-state index contributed by atoms with van der Waals surface area (Å²) in [5.74, 6) is -0.579. The van der Waals surface area contributed by atoms with Gasteiger partial charge < -0.3 is 34.3 Å². The van der Waals surface area contributed by atoms with E-state index in [1.807, 2.05) is 97.1 Å². The number of halogens is 7. The van der Waals surface area contributed by atoms with Crippen LogP contribution >= 0.6 is 108 Å². The zero-order chi connectivity index (χ0) is 79.3. The van der Waals surface area contributed by atoms with Gasteiger partial charge in [0.05, 0.1) is 52.1 Å². The molecule has 3 fully saturated rings. The molecule has 5 aromatic rings. The second-order valence-electron chi connectivity index (χ2n) is 24.4. The molecule has 6 atom stereocenters. The molecule has 0 radical (unpaired) electrons. The molecule has 2 N–H and O–H groups in total. The van der Waals surface area contributed by atoms with E-state index in [9.17, 15) is 33.6 Å². The largest absolute Gasteiger partial charge is 0.267 e.